The van der Waals surface area contributed by atoms with Crippen LogP contribution in [0.2, 0.25) is 5.02 Å². The molecule has 0 aromatic heterocycles. The molecule has 2 rings (SSSR count). The minimum atomic E-state index is -0.133. The van der Waals surface area contributed by atoms with E-state index in [0.717, 1.165) is 36.0 Å². The molecule has 0 bridgehead atoms. The Bertz CT molecular complexity index is 437. The van der Waals surface area contributed by atoms with E-state index in [2.05, 4.69) is 24.9 Å². The lowest BCUT2D eigenvalue weighted by Gasteiger charge is -2.35. The molecule has 1 aromatic carbocycles. The minimum absolute atomic E-state index is 0.133. The van der Waals surface area contributed by atoms with Crippen molar-refractivity contribution in [1.82, 2.24) is 4.90 Å². The van der Waals surface area contributed by atoms with Crippen LogP contribution in [0.1, 0.15) is 44.6 Å². The minimum Gasteiger partial charge on any atom is -0.393 e. The van der Waals surface area contributed by atoms with E-state index in [4.69, 9.17) is 11.6 Å². The topological polar surface area (TPSA) is 23.5 Å². The molecule has 3 atom stereocenters. The number of benzene rings is 1. The predicted octanol–water partition coefficient (Wildman–Crippen LogP) is 4.35. The van der Waals surface area contributed by atoms with Gasteiger partial charge in [0, 0.05) is 18.1 Å². The van der Waals surface area contributed by atoms with Crippen molar-refractivity contribution < 1.29 is 5.11 Å². The van der Waals surface area contributed by atoms with Crippen LogP contribution < -0.4 is 0 Å². The van der Waals surface area contributed by atoms with Crippen LogP contribution in [0, 0.1) is 11.8 Å². The second kappa shape index (κ2) is 8.17. The van der Waals surface area contributed by atoms with Gasteiger partial charge in [-0.25, -0.2) is 0 Å². The highest BCUT2D eigenvalue weighted by atomic mass is 35.5. The molecule has 3 heteroatoms. The summed E-state index contributed by atoms with van der Waals surface area (Å²) in [6.07, 6.45) is 5.75. The van der Waals surface area contributed by atoms with E-state index in [0.29, 0.717) is 5.92 Å². The van der Waals surface area contributed by atoms with Gasteiger partial charge in [-0.05, 0) is 49.8 Å². The van der Waals surface area contributed by atoms with Crippen molar-refractivity contribution >= 4 is 11.6 Å². The summed E-state index contributed by atoms with van der Waals surface area (Å²) in [7, 11) is 2.12. The molecule has 1 aliphatic carbocycles. The standard InChI is InChI=1S/C18H28ClNO/c1-3-6-14-9-10-18(21)16(11-14)13-20(2)12-15-7-4-5-8-17(15)19/h4-5,7-8,14,16,18,21H,3,6,9-13H2,1-2H3. The van der Waals surface area contributed by atoms with E-state index >= 15 is 0 Å². The van der Waals surface area contributed by atoms with Gasteiger partial charge < -0.3 is 10.0 Å². The highest BCUT2D eigenvalue weighted by Gasteiger charge is 2.29. The number of hydrogen-bond acceptors (Lipinski definition) is 2. The van der Waals surface area contributed by atoms with E-state index in [1.54, 1.807) is 0 Å². The molecule has 0 heterocycles. The van der Waals surface area contributed by atoms with Gasteiger partial charge in [-0.2, -0.15) is 0 Å². The Morgan fingerprint density at radius 3 is 2.76 bits per heavy atom. The number of halogens is 1. The van der Waals surface area contributed by atoms with Gasteiger partial charge in [0.25, 0.3) is 0 Å². The van der Waals surface area contributed by atoms with E-state index in [-0.39, 0.29) is 6.10 Å². The van der Waals surface area contributed by atoms with Crippen molar-refractivity contribution in [3.8, 4) is 0 Å². The fraction of sp³-hybridized carbons (Fsp3) is 0.667. The van der Waals surface area contributed by atoms with Crippen molar-refractivity contribution in [2.75, 3.05) is 13.6 Å². The molecule has 1 aliphatic rings. The van der Waals surface area contributed by atoms with Gasteiger partial charge in [0.15, 0.2) is 0 Å². The Morgan fingerprint density at radius 2 is 2.05 bits per heavy atom. The molecule has 21 heavy (non-hydrogen) atoms. The Kier molecular flexibility index (Phi) is 6.53. The van der Waals surface area contributed by atoms with Crippen LogP contribution in [0.4, 0.5) is 0 Å². The largest absolute Gasteiger partial charge is 0.393 e. The maximum absolute atomic E-state index is 10.3. The van der Waals surface area contributed by atoms with Gasteiger partial charge in [0.2, 0.25) is 0 Å². The molecule has 3 unspecified atom stereocenters. The number of rotatable bonds is 6. The fourth-order valence-electron chi connectivity index (χ4n) is 3.59. The molecule has 0 radical (unpaired) electrons. The van der Waals surface area contributed by atoms with Gasteiger partial charge in [0.05, 0.1) is 6.10 Å². The SMILES string of the molecule is CCCC1CCC(O)C(CN(C)Cc2ccccc2Cl)C1. The summed E-state index contributed by atoms with van der Waals surface area (Å²) in [6.45, 7) is 4.05. The molecule has 2 nitrogen and oxygen atoms in total. The molecule has 0 saturated heterocycles. The maximum Gasteiger partial charge on any atom is 0.0580 e. The molecule has 0 amide bonds. The Labute approximate surface area is 134 Å². The molecule has 1 saturated carbocycles. The van der Waals surface area contributed by atoms with Crippen LogP contribution in [-0.2, 0) is 6.54 Å². The van der Waals surface area contributed by atoms with Crippen LogP contribution in [0.5, 0.6) is 0 Å². The van der Waals surface area contributed by atoms with Crippen LogP contribution >= 0.6 is 11.6 Å². The van der Waals surface area contributed by atoms with Crippen molar-refractivity contribution in [1.29, 1.82) is 0 Å². The molecular formula is C18H28ClNO. The van der Waals surface area contributed by atoms with Crippen LogP contribution in [0.3, 0.4) is 0 Å². The molecule has 1 aromatic rings. The predicted molar refractivity (Wildman–Crippen MR) is 89.5 cm³/mol. The van der Waals surface area contributed by atoms with E-state index in [9.17, 15) is 5.11 Å². The zero-order valence-electron chi connectivity index (χ0n) is 13.3. The summed E-state index contributed by atoms with van der Waals surface area (Å²) < 4.78 is 0. The first-order valence-electron chi connectivity index (χ1n) is 8.20. The third kappa shape index (κ3) is 4.98. The van der Waals surface area contributed by atoms with Crippen LogP contribution in [0.15, 0.2) is 24.3 Å². The summed E-state index contributed by atoms with van der Waals surface area (Å²) >= 11 is 6.23. The Morgan fingerprint density at radius 1 is 1.29 bits per heavy atom. The number of hydrogen-bond donors (Lipinski definition) is 1. The lowest BCUT2D eigenvalue weighted by Crippen LogP contribution is -2.37. The van der Waals surface area contributed by atoms with Gasteiger partial charge in [-0.1, -0.05) is 49.6 Å². The molecular weight excluding hydrogens is 282 g/mol. The van der Waals surface area contributed by atoms with Gasteiger partial charge >= 0.3 is 0 Å². The number of nitrogens with zero attached hydrogens (tertiary/aromatic N) is 1. The molecule has 1 fully saturated rings. The fourth-order valence-corrected chi connectivity index (χ4v) is 3.79. The monoisotopic (exact) mass is 309 g/mol. The van der Waals surface area contributed by atoms with Gasteiger partial charge in [-0.3, -0.25) is 0 Å². The average molecular weight is 310 g/mol. The van der Waals surface area contributed by atoms with Crippen molar-refractivity contribution in [3.05, 3.63) is 34.9 Å². The normalized spacial score (nSPS) is 26.2. The maximum atomic E-state index is 10.3. The summed E-state index contributed by atoms with van der Waals surface area (Å²) in [6, 6.07) is 8.02. The third-order valence-corrected chi connectivity index (χ3v) is 5.06. The summed E-state index contributed by atoms with van der Waals surface area (Å²) in [4.78, 5) is 2.30. The lowest BCUT2D eigenvalue weighted by atomic mass is 9.77. The highest BCUT2D eigenvalue weighted by Crippen LogP contribution is 2.33. The molecule has 0 spiro atoms. The highest BCUT2D eigenvalue weighted by molar-refractivity contribution is 6.31. The zero-order valence-corrected chi connectivity index (χ0v) is 14.0. The quantitative estimate of drug-likeness (QED) is 0.844. The summed E-state index contributed by atoms with van der Waals surface area (Å²) in [5.74, 6) is 1.21. The molecule has 118 valence electrons. The first-order chi connectivity index (χ1) is 10.1. The number of aliphatic hydroxyl groups is 1. The van der Waals surface area contributed by atoms with Crippen molar-refractivity contribution in [2.45, 2.75) is 51.7 Å². The van der Waals surface area contributed by atoms with E-state index in [1.165, 1.54) is 25.7 Å². The van der Waals surface area contributed by atoms with Gasteiger partial charge in [-0.15, -0.1) is 0 Å². The Balaban J connectivity index is 1.88. The first-order valence-corrected chi connectivity index (χ1v) is 8.58. The van der Waals surface area contributed by atoms with E-state index < -0.39 is 0 Å². The van der Waals surface area contributed by atoms with Crippen LogP contribution in [-0.4, -0.2) is 29.7 Å². The summed E-state index contributed by atoms with van der Waals surface area (Å²) in [5, 5.41) is 11.1. The smallest absolute Gasteiger partial charge is 0.0580 e. The zero-order chi connectivity index (χ0) is 15.2. The van der Waals surface area contributed by atoms with E-state index in [1.807, 2.05) is 18.2 Å². The third-order valence-electron chi connectivity index (χ3n) is 4.69. The second-order valence-electron chi connectivity index (χ2n) is 6.58. The average Bonchev–Trinajstić information content (AvgIpc) is 2.45. The molecule has 1 N–H and O–H groups in total. The first kappa shape index (κ1) is 16.8. The Hall–Kier alpha value is -0.570. The van der Waals surface area contributed by atoms with Crippen molar-refractivity contribution in [2.24, 2.45) is 11.8 Å². The lowest BCUT2D eigenvalue weighted by molar-refractivity contribution is 0.0288. The summed E-state index contributed by atoms with van der Waals surface area (Å²) in [5.41, 5.74) is 1.16. The second-order valence-corrected chi connectivity index (χ2v) is 6.99. The molecule has 0 aliphatic heterocycles. The number of aliphatic hydroxyl groups excluding tert-OH is 1. The van der Waals surface area contributed by atoms with Crippen LogP contribution in [0.25, 0.3) is 0 Å². The van der Waals surface area contributed by atoms with Gasteiger partial charge in [0.1, 0.15) is 0 Å². The van der Waals surface area contributed by atoms with Crippen molar-refractivity contribution in [3.63, 3.8) is 0 Å².